The standard InChI is InChI=1S/C21H14N2O6/c1-10-4-2-3-5-11(10)22-12-6-8-14(24)18-16(12)20(26)17-13(23(28)29)7-9-15(25)19(17)21(18)27/h2-9,22,24-25H,1H3. The molecule has 0 radical (unpaired) electrons. The van der Waals surface area contributed by atoms with E-state index in [4.69, 9.17) is 0 Å². The molecule has 0 atom stereocenters. The van der Waals surface area contributed by atoms with Crippen LogP contribution in [0.4, 0.5) is 17.1 Å². The number of hydrogen-bond donors (Lipinski definition) is 3. The van der Waals surface area contributed by atoms with Gasteiger partial charge in [-0.2, -0.15) is 0 Å². The van der Waals surface area contributed by atoms with Gasteiger partial charge in [0.2, 0.25) is 11.6 Å². The minimum absolute atomic E-state index is 0.181. The number of hydrogen-bond acceptors (Lipinski definition) is 7. The van der Waals surface area contributed by atoms with Crippen molar-refractivity contribution < 1.29 is 24.7 Å². The lowest BCUT2D eigenvalue weighted by atomic mass is 9.81. The maximum absolute atomic E-state index is 13.3. The number of rotatable bonds is 3. The van der Waals surface area contributed by atoms with Gasteiger partial charge in [-0.05, 0) is 36.8 Å². The van der Waals surface area contributed by atoms with Gasteiger partial charge in [-0.25, -0.2) is 0 Å². The van der Waals surface area contributed by atoms with Gasteiger partial charge in [0.25, 0.3) is 5.69 Å². The summed E-state index contributed by atoms with van der Waals surface area (Å²) in [5.74, 6) is -2.71. The smallest absolute Gasteiger partial charge is 0.281 e. The summed E-state index contributed by atoms with van der Waals surface area (Å²) in [5.41, 5.74) is -0.312. The van der Waals surface area contributed by atoms with Crippen LogP contribution in [0.15, 0.2) is 48.5 Å². The molecule has 0 saturated carbocycles. The summed E-state index contributed by atoms with van der Waals surface area (Å²) < 4.78 is 0. The number of nitrogens with zero attached hydrogens (tertiary/aromatic N) is 1. The fourth-order valence-corrected chi connectivity index (χ4v) is 3.46. The highest BCUT2D eigenvalue weighted by molar-refractivity contribution is 6.33. The second kappa shape index (κ2) is 6.45. The molecular formula is C21H14N2O6. The maximum atomic E-state index is 13.3. The lowest BCUT2D eigenvalue weighted by molar-refractivity contribution is -0.385. The summed E-state index contributed by atoms with van der Waals surface area (Å²) in [5, 5.41) is 34.9. The topological polar surface area (TPSA) is 130 Å². The van der Waals surface area contributed by atoms with Crippen molar-refractivity contribution in [2.45, 2.75) is 6.92 Å². The molecule has 8 heteroatoms. The van der Waals surface area contributed by atoms with Crippen molar-refractivity contribution >= 4 is 28.6 Å². The van der Waals surface area contributed by atoms with Crippen molar-refractivity contribution in [3.05, 3.63) is 86.5 Å². The van der Waals surface area contributed by atoms with Gasteiger partial charge in [0.15, 0.2) is 0 Å². The molecule has 4 rings (SSSR count). The quantitative estimate of drug-likeness (QED) is 0.275. The number of aromatic hydroxyl groups is 2. The Kier molecular flexibility index (Phi) is 4.04. The van der Waals surface area contributed by atoms with Gasteiger partial charge < -0.3 is 15.5 Å². The molecule has 1 aliphatic rings. The minimum atomic E-state index is -0.860. The molecule has 0 aromatic heterocycles. The van der Waals surface area contributed by atoms with Gasteiger partial charge in [-0.1, -0.05) is 18.2 Å². The Bertz CT molecular complexity index is 1230. The van der Waals surface area contributed by atoms with Crippen molar-refractivity contribution in [1.29, 1.82) is 0 Å². The van der Waals surface area contributed by atoms with Crippen LogP contribution in [0.25, 0.3) is 0 Å². The Morgan fingerprint density at radius 2 is 1.38 bits per heavy atom. The fraction of sp³-hybridized carbons (Fsp3) is 0.0476. The molecule has 0 saturated heterocycles. The number of phenolic OH excluding ortho intramolecular Hbond substituents is 2. The van der Waals surface area contributed by atoms with E-state index in [0.29, 0.717) is 5.69 Å². The van der Waals surface area contributed by atoms with Crippen LogP contribution in [0, 0.1) is 17.0 Å². The van der Waals surface area contributed by atoms with Crippen LogP contribution in [-0.4, -0.2) is 26.7 Å². The second-order valence-corrected chi connectivity index (χ2v) is 6.59. The van der Waals surface area contributed by atoms with Crippen molar-refractivity contribution in [1.82, 2.24) is 0 Å². The van der Waals surface area contributed by atoms with Crippen LogP contribution in [0.2, 0.25) is 0 Å². The van der Waals surface area contributed by atoms with E-state index >= 15 is 0 Å². The highest BCUT2D eigenvalue weighted by Crippen LogP contribution is 2.43. The average molecular weight is 390 g/mol. The molecule has 0 amide bonds. The monoisotopic (exact) mass is 390 g/mol. The number of nitrogens with one attached hydrogen (secondary N) is 1. The van der Waals surface area contributed by atoms with Gasteiger partial charge in [-0.15, -0.1) is 0 Å². The Balaban J connectivity index is 1.99. The molecule has 1 aliphatic carbocycles. The zero-order valence-electron chi connectivity index (χ0n) is 15.1. The van der Waals surface area contributed by atoms with E-state index in [1.165, 1.54) is 12.1 Å². The van der Waals surface area contributed by atoms with E-state index in [1.54, 1.807) is 12.1 Å². The number of carbonyl (C=O) groups excluding carboxylic acids is 2. The zero-order chi connectivity index (χ0) is 20.9. The Labute approximate surface area is 164 Å². The predicted octanol–water partition coefficient (Wildman–Crippen LogP) is 3.83. The van der Waals surface area contributed by atoms with Crippen LogP contribution in [-0.2, 0) is 0 Å². The van der Waals surface area contributed by atoms with E-state index in [-0.39, 0.29) is 16.8 Å². The van der Waals surface area contributed by atoms with Gasteiger partial charge in [0.05, 0.1) is 27.3 Å². The molecule has 8 nitrogen and oxygen atoms in total. The number of aryl methyl sites for hydroxylation is 1. The van der Waals surface area contributed by atoms with E-state index in [9.17, 15) is 29.9 Å². The normalized spacial score (nSPS) is 12.3. The maximum Gasteiger partial charge on any atom is 0.281 e. The molecule has 0 aliphatic heterocycles. The molecule has 3 aromatic rings. The van der Waals surface area contributed by atoms with E-state index in [2.05, 4.69) is 5.32 Å². The van der Waals surface area contributed by atoms with Crippen molar-refractivity contribution in [3.63, 3.8) is 0 Å². The average Bonchev–Trinajstić information content (AvgIpc) is 2.68. The van der Waals surface area contributed by atoms with Crippen LogP contribution in [0.1, 0.15) is 37.4 Å². The van der Waals surface area contributed by atoms with Gasteiger partial charge >= 0.3 is 0 Å². The summed E-state index contributed by atoms with van der Waals surface area (Å²) in [6, 6.07) is 11.9. The molecule has 29 heavy (non-hydrogen) atoms. The number of carbonyl (C=O) groups is 2. The number of fused-ring (bicyclic) bond motifs is 2. The first kappa shape index (κ1) is 18.2. The molecule has 0 bridgehead atoms. The number of nitro benzene ring substituents is 1. The van der Waals surface area contributed by atoms with Crippen molar-refractivity contribution in [3.8, 4) is 11.5 Å². The first-order valence-electron chi connectivity index (χ1n) is 8.59. The minimum Gasteiger partial charge on any atom is -0.507 e. The SMILES string of the molecule is Cc1ccccc1Nc1ccc(O)c2c1C(=O)c1c([N+](=O)[O-])ccc(O)c1C2=O. The van der Waals surface area contributed by atoms with Crippen LogP contribution < -0.4 is 5.32 Å². The fourth-order valence-electron chi connectivity index (χ4n) is 3.46. The molecule has 0 spiro atoms. The first-order valence-corrected chi connectivity index (χ1v) is 8.59. The highest BCUT2D eigenvalue weighted by Gasteiger charge is 2.40. The third-order valence-electron chi connectivity index (χ3n) is 4.86. The third-order valence-corrected chi connectivity index (χ3v) is 4.86. The number of benzene rings is 3. The van der Waals surface area contributed by atoms with Crippen LogP contribution in [0.3, 0.4) is 0 Å². The molecule has 0 heterocycles. The zero-order valence-corrected chi connectivity index (χ0v) is 15.1. The summed E-state index contributed by atoms with van der Waals surface area (Å²) in [4.78, 5) is 36.9. The number of para-hydroxylation sites is 1. The second-order valence-electron chi connectivity index (χ2n) is 6.59. The summed E-state index contributed by atoms with van der Waals surface area (Å²) >= 11 is 0. The number of ketones is 2. The molecule has 3 N–H and O–H groups in total. The molecule has 144 valence electrons. The lowest BCUT2D eigenvalue weighted by Gasteiger charge is -2.22. The Morgan fingerprint density at radius 3 is 2.03 bits per heavy atom. The molecule has 0 fully saturated rings. The summed E-state index contributed by atoms with van der Waals surface area (Å²) in [6.45, 7) is 1.85. The van der Waals surface area contributed by atoms with Crippen molar-refractivity contribution in [2.75, 3.05) is 5.32 Å². The highest BCUT2D eigenvalue weighted by atomic mass is 16.6. The van der Waals surface area contributed by atoms with Crippen molar-refractivity contribution in [2.24, 2.45) is 0 Å². The molecule has 0 unspecified atom stereocenters. The van der Waals surface area contributed by atoms with Gasteiger partial charge in [0.1, 0.15) is 17.1 Å². The number of nitro groups is 1. The summed E-state index contributed by atoms with van der Waals surface area (Å²) in [7, 11) is 0. The largest absolute Gasteiger partial charge is 0.507 e. The third kappa shape index (κ3) is 2.69. The molecular weight excluding hydrogens is 376 g/mol. The van der Waals surface area contributed by atoms with E-state index < -0.39 is 44.8 Å². The van der Waals surface area contributed by atoms with Crippen LogP contribution in [0.5, 0.6) is 11.5 Å². The Hall–Kier alpha value is -4.20. The molecule has 3 aromatic carbocycles. The summed E-state index contributed by atoms with van der Waals surface area (Å²) in [6.07, 6.45) is 0. The van der Waals surface area contributed by atoms with Crippen LogP contribution >= 0.6 is 0 Å². The predicted molar refractivity (Wildman–Crippen MR) is 104 cm³/mol. The van der Waals surface area contributed by atoms with E-state index in [1.807, 2.05) is 19.1 Å². The van der Waals surface area contributed by atoms with Gasteiger partial charge in [0, 0.05) is 11.8 Å². The number of phenols is 2. The van der Waals surface area contributed by atoms with Gasteiger partial charge in [-0.3, -0.25) is 19.7 Å². The first-order chi connectivity index (χ1) is 13.8. The Morgan fingerprint density at radius 1 is 0.793 bits per heavy atom. The van der Waals surface area contributed by atoms with E-state index in [0.717, 1.165) is 17.7 Å². The lowest BCUT2D eigenvalue weighted by Crippen LogP contribution is -2.23. The number of anilines is 2.